The average Bonchev–Trinajstić information content (AvgIpc) is 3.00. The van der Waals surface area contributed by atoms with E-state index >= 15 is 0 Å². The summed E-state index contributed by atoms with van der Waals surface area (Å²) in [6, 6.07) is 22.8. The number of nitrogens with one attached hydrogen (secondary N) is 1. The number of aryl methyl sites for hydroxylation is 2. The quantitative estimate of drug-likeness (QED) is 0.669. The molecule has 0 bridgehead atoms. The van der Waals surface area contributed by atoms with Crippen LogP contribution in [0.2, 0.25) is 0 Å². The molecule has 1 aliphatic rings. The first kappa shape index (κ1) is 19.2. The first-order valence-electron chi connectivity index (χ1n) is 9.36. The molecular formula is C23H23N3O2S. The van der Waals surface area contributed by atoms with Crippen molar-refractivity contribution in [1.29, 1.82) is 5.41 Å². The number of rotatable bonds is 4. The van der Waals surface area contributed by atoms with E-state index in [1.807, 2.05) is 86.6 Å². The molecule has 2 unspecified atom stereocenters. The van der Waals surface area contributed by atoms with Crippen molar-refractivity contribution >= 4 is 28.4 Å². The Morgan fingerprint density at radius 1 is 0.828 bits per heavy atom. The van der Waals surface area contributed by atoms with Gasteiger partial charge in [0.2, 0.25) is 11.2 Å². The molecule has 3 aromatic rings. The third kappa shape index (κ3) is 3.51. The van der Waals surface area contributed by atoms with E-state index in [1.54, 1.807) is 15.7 Å². The number of nitrogens with zero attached hydrogens (tertiary/aromatic N) is 2. The van der Waals surface area contributed by atoms with E-state index in [2.05, 4.69) is 0 Å². The van der Waals surface area contributed by atoms with Crippen LogP contribution in [-0.4, -0.2) is 17.2 Å². The number of benzene rings is 3. The van der Waals surface area contributed by atoms with Crippen molar-refractivity contribution in [3.8, 4) is 5.75 Å². The Morgan fingerprint density at radius 3 is 1.86 bits per heavy atom. The number of hydrogen-bond donors (Lipinski definition) is 1. The number of ether oxygens (including phenoxy) is 1. The van der Waals surface area contributed by atoms with Crippen molar-refractivity contribution in [2.75, 3.05) is 15.7 Å². The van der Waals surface area contributed by atoms with Crippen LogP contribution < -0.4 is 13.3 Å². The van der Waals surface area contributed by atoms with E-state index in [-0.39, 0.29) is 5.84 Å². The lowest BCUT2D eigenvalue weighted by molar-refractivity contribution is 0.414. The Morgan fingerprint density at radius 2 is 1.34 bits per heavy atom. The minimum absolute atomic E-state index is 0.276. The van der Waals surface area contributed by atoms with E-state index in [4.69, 9.17) is 10.1 Å². The Hall–Kier alpha value is -3.12. The normalized spacial score (nSPS) is 18.9. The van der Waals surface area contributed by atoms with Crippen LogP contribution in [-0.2, 0) is 11.2 Å². The predicted molar refractivity (Wildman–Crippen MR) is 119 cm³/mol. The van der Waals surface area contributed by atoms with Gasteiger partial charge in [0.1, 0.15) is 17.6 Å². The van der Waals surface area contributed by atoms with E-state index in [1.165, 1.54) is 0 Å². The molecule has 29 heavy (non-hydrogen) atoms. The maximum atomic E-state index is 13.6. The Bertz CT molecular complexity index is 1050. The van der Waals surface area contributed by atoms with Crippen LogP contribution in [0.4, 0.5) is 11.4 Å². The van der Waals surface area contributed by atoms with E-state index in [9.17, 15) is 4.21 Å². The van der Waals surface area contributed by atoms with Gasteiger partial charge in [-0.25, -0.2) is 8.51 Å². The zero-order valence-electron chi connectivity index (χ0n) is 16.6. The average molecular weight is 406 g/mol. The summed E-state index contributed by atoms with van der Waals surface area (Å²) in [4.78, 5) is 0. The highest BCUT2D eigenvalue weighted by Gasteiger charge is 2.44. The molecule has 6 heteroatoms. The van der Waals surface area contributed by atoms with E-state index in [0.717, 1.165) is 33.8 Å². The number of methoxy groups -OCH3 is 1. The van der Waals surface area contributed by atoms with Crippen molar-refractivity contribution in [2.24, 2.45) is 0 Å². The lowest BCUT2D eigenvalue weighted by Crippen LogP contribution is -2.27. The highest BCUT2D eigenvalue weighted by molar-refractivity contribution is 7.89. The first-order chi connectivity index (χ1) is 14.0. The largest absolute Gasteiger partial charge is 0.497 e. The molecule has 3 aromatic carbocycles. The van der Waals surface area contributed by atoms with Gasteiger partial charge in [0.05, 0.1) is 18.5 Å². The number of amidine groups is 1. The smallest absolute Gasteiger partial charge is 0.232 e. The number of hydrogen-bond acceptors (Lipinski definition) is 3. The second kappa shape index (κ2) is 7.72. The summed E-state index contributed by atoms with van der Waals surface area (Å²) >= 11 is -1.57. The molecule has 148 valence electrons. The SMILES string of the molecule is COc1ccc(C2C(=N)N(c3ccc(C)cc3)S(=O)N2c2ccc(C)cc2)cc1. The van der Waals surface area contributed by atoms with E-state index < -0.39 is 17.2 Å². The highest BCUT2D eigenvalue weighted by atomic mass is 32.2. The Balaban J connectivity index is 1.82. The topological polar surface area (TPSA) is 56.6 Å². The summed E-state index contributed by atoms with van der Waals surface area (Å²) in [6.45, 7) is 4.03. The molecule has 0 spiro atoms. The van der Waals surface area contributed by atoms with Crippen molar-refractivity contribution in [3.63, 3.8) is 0 Å². The summed E-state index contributed by atoms with van der Waals surface area (Å²) in [5.74, 6) is 1.02. The Kier molecular flexibility index (Phi) is 5.11. The maximum absolute atomic E-state index is 13.6. The molecular weight excluding hydrogens is 382 g/mol. The minimum Gasteiger partial charge on any atom is -0.497 e. The lowest BCUT2D eigenvalue weighted by atomic mass is 10.0. The van der Waals surface area contributed by atoms with Crippen LogP contribution in [0.15, 0.2) is 72.8 Å². The van der Waals surface area contributed by atoms with Crippen LogP contribution in [0.1, 0.15) is 22.7 Å². The van der Waals surface area contributed by atoms with Gasteiger partial charge in [-0.1, -0.05) is 47.5 Å². The standard InChI is InChI=1S/C23H23N3O2S/c1-16-4-10-19(11-5-16)25-22(18-8-14-21(28-3)15-9-18)23(24)26(29(25)27)20-12-6-17(2)7-13-20/h4-15,22,24H,1-3H3. The van der Waals surface area contributed by atoms with E-state index in [0.29, 0.717) is 0 Å². The van der Waals surface area contributed by atoms with Gasteiger partial charge in [0.15, 0.2) is 0 Å². The van der Waals surface area contributed by atoms with Gasteiger partial charge in [0, 0.05) is 0 Å². The molecule has 0 aliphatic carbocycles. The second-order valence-electron chi connectivity index (χ2n) is 7.08. The molecule has 4 rings (SSSR count). The molecule has 1 fully saturated rings. The van der Waals surface area contributed by atoms with Crippen LogP contribution in [0.3, 0.4) is 0 Å². The highest BCUT2D eigenvalue weighted by Crippen LogP contribution is 2.40. The minimum atomic E-state index is -1.57. The lowest BCUT2D eigenvalue weighted by Gasteiger charge is -2.23. The second-order valence-corrected chi connectivity index (χ2v) is 8.30. The summed E-state index contributed by atoms with van der Waals surface area (Å²) in [5, 5.41) is 8.90. The van der Waals surface area contributed by atoms with Crippen molar-refractivity contribution < 1.29 is 8.95 Å². The van der Waals surface area contributed by atoms with Crippen molar-refractivity contribution in [2.45, 2.75) is 19.9 Å². The number of anilines is 2. The predicted octanol–water partition coefficient (Wildman–Crippen LogP) is 4.94. The van der Waals surface area contributed by atoms with Gasteiger partial charge < -0.3 is 4.74 Å². The summed E-state index contributed by atoms with van der Waals surface area (Å²) in [5.41, 5.74) is 4.69. The van der Waals surface area contributed by atoms with Crippen molar-refractivity contribution in [1.82, 2.24) is 0 Å². The van der Waals surface area contributed by atoms with Gasteiger partial charge in [-0.3, -0.25) is 9.71 Å². The van der Waals surface area contributed by atoms with Crippen molar-refractivity contribution in [3.05, 3.63) is 89.5 Å². The molecule has 0 saturated carbocycles. The third-order valence-corrected chi connectivity index (χ3v) is 6.50. The molecule has 0 amide bonds. The van der Waals surface area contributed by atoms with Crippen LogP contribution in [0, 0.1) is 19.3 Å². The molecule has 1 aliphatic heterocycles. The molecule has 1 saturated heterocycles. The van der Waals surface area contributed by atoms with Crippen LogP contribution in [0.25, 0.3) is 0 Å². The van der Waals surface area contributed by atoms with Gasteiger partial charge in [0.25, 0.3) is 0 Å². The summed E-state index contributed by atoms with van der Waals surface area (Å²) < 4.78 is 22.2. The fraction of sp³-hybridized carbons (Fsp3) is 0.174. The van der Waals surface area contributed by atoms with Gasteiger partial charge in [-0.15, -0.1) is 0 Å². The zero-order valence-corrected chi connectivity index (χ0v) is 17.4. The monoisotopic (exact) mass is 405 g/mol. The fourth-order valence-corrected chi connectivity index (χ4v) is 4.85. The molecule has 5 nitrogen and oxygen atoms in total. The fourth-order valence-electron chi connectivity index (χ4n) is 3.40. The van der Waals surface area contributed by atoms with Gasteiger partial charge in [-0.2, -0.15) is 0 Å². The zero-order chi connectivity index (χ0) is 20.5. The van der Waals surface area contributed by atoms with Gasteiger partial charge >= 0.3 is 0 Å². The molecule has 2 atom stereocenters. The molecule has 1 heterocycles. The summed E-state index contributed by atoms with van der Waals surface area (Å²) in [6.07, 6.45) is 0. The van der Waals surface area contributed by atoms with Crippen LogP contribution in [0.5, 0.6) is 5.75 Å². The van der Waals surface area contributed by atoms with Gasteiger partial charge in [-0.05, 0) is 55.8 Å². The first-order valence-corrected chi connectivity index (χ1v) is 10.4. The molecule has 0 radical (unpaired) electrons. The molecule has 1 N–H and O–H groups in total. The Labute approximate surface area is 173 Å². The maximum Gasteiger partial charge on any atom is 0.232 e. The van der Waals surface area contributed by atoms with Crippen LogP contribution >= 0.6 is 0 Å². The molecule has 0 aromatic heterocycles. The third-order valence-electron chi connectivity index (χ3n) is 5.03. The summed E-state index contributed by atoms with van der Waals surface area (Å²) in [7, 11) is 1.62.